The predicted molar refractivity (Wildman–Crippen MR) is 91.8 cm³/mol. The van der Waals surface area contributed by atoms with Crippen LogP contribution in [0.3, 0.4) is 0 Å². The van der Waals surface area contributed by atoms with E-state index in [0.29, 0.717) is 28.0 Å². The van der Waals surface area contributed by atoms with Crippen molar-refractivity contribution in [2.45, 2.75) is 6.92 Å². The SMILES string of the molecule is CCOC(=O)c1cc2ccc(Oc3cccc(C#N)c3)cc2[nH]c1=O. The van der Waals surface area contributed by atoms with Crippen LogP contribution in [0.15, 0.2) is 53.3 Å². The van der Waals surface area contributed by atoms with E-state index in [1.54, 1.807) is 49.4 Å². The average molecular weight is 334 g/mol. The van der Waals surface area contributed by atoms with E-state index < -0.39 is 11.5 Å². The molecule has 0 bridgehead atoms. The van der Waals surface area contributed by atoms with Gasteiger partial charge in [0.2, 0.25) is 0 Å². The molecule has 0 spiro atoms. The van der Waals surface area contributed by atoms with Crippen molar-refractivity contribution < 1.29 is 14.3 Å². The molecule has 0 amide bonds. The molecular weight excluding hydrogens is 320 g/mol. The first kappa shape index (κ1) is 16.3. The van der Waals surface area contributed by atoms with Crippen LogP contribution in [0.5, 0.6) is 11.5 Å². The number of aromatic nitrogens is 1. The molecule has 6 nitrogen and oxygen atoms in total. The standard InChI is InChI=1S/C19H14N2O4/c1-2-24-19(23)16-9-13-6-7-15(10-17(13)21-18(16)22)25-14-5-3-4-12(8-14)11-20/h3-10H,2H2,1H3,(H,21,22). The van der Waals surface area contributed by atoms with Crippen LogP contribution in [0.1, 0.15) is 22.8 Å². The number of rotatable bonds is 4. The maximum absolute atomic E-state index is 12.1. The highest BCUT2D eigenvalue weighted by molar-refractivity contribution is 5.93. The second-order valence-corrected chi connectivity index (χ2v) is 5.22. The van der Waals surface area contributed by atoms with Gasteiger partial charge in [-0.15, -0.1) is 0 Å². The number of aromatic amines is 1. The molecule has 25 heavy (non-hydrogen) atoms. The Morgan fingerprint density at radius 3 is 2.72 bits per heavy atom. The molecule has 3 rings (SSSR count). The first-order valence-electron chi connectivity index (χ1n) is 7.63. The summed E-state index contributed by atoms with van der Waals surface area (Å²) in [6.45, 7) is 1.88. The number of benzene rings is 2. The lowest BCUT2D eigenvalue weighted by molar-refractivity contribution is 0.0524. The van der Waals surface area contributed by atoms with Crippen LogP contribution >= 0.6 is 0 Å². The average Bonchev–Trinajstić information content (AvgIpc) is 2.61. The Hall–Kier alpha value is -3.59. The van der Waals surface area contributed by atoms with Crippen LogP contribution < -0.4 is 10.3 Å². The van der Waals surface area contributed by atoms with Gasteiger partial charge in [0.1, 0.15) is 17.1 Å². The summed E-state index contributed by atoms with van der Waals surface area (Å²) >= 11 is 0. The highest BCUT2D eigenvalue weighted by Crippen LogP contribution is 2.25. The van der Waals surface area contributed by atoms with Crippen molar-refractivity contribution in [1.29, 1.82) is 5.26 Å². The lowest BCUT2D eigenvalue weighted by atomic mass is 10.1. The first-order chi connectivity index (χ1) is 12.1. The van der Waals surface area contributed by atoms with Gasteiger partial charge in [0.15, 0.2) is 0 Å². The normalized spacial score (nSPS) is 10.2. The van der Waals surface area contributed by atoms with Crippen LogP contribution in [0.25, 0.3) is 10.9 Å². The van der Waals surface area contributed by atoms with Crippen molar-refractivity contribution in [2.24, 2.45) is 0 Å². The third-order valence-corrected chi connectivity index (χ3v) is 3.51. The molecule has 0 aliphatic carbocycles. The zero-order valence-electron chi connectivity index (χ0n) is 13.4. The molecule has 0 saturated carbocycles. The third kappa shape index (κ3) is 3.51. The van der Waals surface area contributed by atoms with Gasteiger partial charge in [-0.05, 0) is 48.7 Å². The second kappa shape index (κ2) is 6.89. The van der Waals surface area contributed by atoms with Crippen LogP contribution in [-0.4, -0.2) is 17.6 Å². The number of esters is 1. The van der Waals surface area contributed by atoms with Gasteiger partial charge in [-0.25, -0.2) is 4.79 Å². The Morgan fingerprint density at radius 2 is 1.96 bits per heavy atom. The van der Waals surface area contributed by atoms with E-state index in [1.807, 2.05) is 6.07 Å². The van der Waals surface area contributed by atoms with Gasteiger partial charge in [0.05, 0.1) is 23.8 Å². The number of hydrogen-bond acceptors (Lipinski definition) is 5. The minimum Gasteiger partial charge on any atom is -0.462 e. The molecule has 3 aromatic rings. The summed E-state index contributed by atoms with van der Waals surface area (Å²) < 4.78 is 10.6. The number of nitrogens with zero attached hydrogens (tertiary/aromatic N) is 1. The van der Waals surface area contributed by atoms with E-state index in [0.717, 1.165) is 0 Å². The van der Waals surface area contributed by atoms with E-state index >= 15 is 0 Å². The Bertz CT molecular complexity index is 1050. The minimum absolute atomic E-state index is 0.0373. The Balaban J connectivity index is 1.95. The molecule has 6 heteroatoms. The van der Waals surface area contributed by atoms with Crippen molar-refractivity contribution in [1.82, 2.24) is 4.98 Å². The highest BCUT2D eigenvalue weighted by atomic mass is 16.5. The zero-order valence-corrected chi connectivity index (χ0v) is 13.4. The monoisotopic (exact) mass is 334 g/mol. The summed E-state index contributed by atoms with van der Waals surface area (Å²) in [5.41, 5.74) is 0.470. The van der Waals surface area contributed by atoms with E-state index in [4.69, 9.17) is 14.7 Å². The largest absolute Gasteiger partial charge is 0.462 e. The molecular formula is C19H14N2O4. The van der Waals surface area contributed by atoms with Crippen molar-refractivity contribution in [2.75, 3.05) is 6.61 Å². The Labute approximate surface area is 143 Å². The van der Waals surface area contributed by atoms with E-state index in [-0.39, 0.29) is 12.2 Å². The maximum Gasteiger partial charge on any atom is 0.343 e. The van der Waals surface area contributed by atoms with Gasteiger partial charge in [-0.2, -0.15) is 5.26 Å². The highest BCUT2D eigenvalue weighted by Gasteiger charge is 2.13. The molecule has 1 heterocycles. The first-order valence-corrected chi connectivity index (χ1v) is 7.63. The predicted octanol–water partition coefficient (Wildman–Crippen LogP) is 3.37. The summed E-state index contributed by atoms with van der Waals surface area (Å²) in [6.07, 6.45) is 0. The molecule has 2 aromatic carbocycles. The fraction of sp³-hybridized carbons (Fsp3) is 0.105. The topological polar surface area (TPSA) is 92.2 Å². The molecule has 0 unspecified atom stereocenters. The zero-order chi connectivity index (χ0) is 17.8. The number of H-pyrrole nitrogens is 1. The van der Waals surface area contributed by atoms with Crippen molar-refractivity contribution >= 4 is 16.9 Å². The minimum atomic E-state index is -0.653. The van der Waals surface area contributed by atoms with Crippen molar-refractivity contribution in [3.05, 3.63) is 70.0 Å². The molecule has 0 fully saturated rings. The number of carbonyl (C=O) groups excluding carboxylic acids is 1. The molecule has 0 aliphatic rings. The summed E-state index contributed by atoms with van der Waals surface area (Å²) in [7, 11) is 0. The molecule has 0 atom stereocenters. The lowest BCUT2D eigenvalue weighted by Crippen LogP contribution is -2.19. The number of ether oxygens (including phenoxy) is 2. The van der Waals surface area contributed by atoms with Gasteiger partial charge in [-0.1, -0.05) is 6.07 Å². The van der Waals surface area contributed by atoms with Crippen LogP contribution in [-0.2, 0) is 4.74 Å². The van der Waals surface area contributed by atoms with Crippen LogP contribution in [0.2, 0.25) is 0 Å². The van der Waals surface area contributed by atoms with Crippen LogP contribution in [0.4, 0.5) is 0 Å². The van der Waals surface area contributed by atoms with Crippen molar-refractivity contribution in [3.63, 3.8) is 0 Å². The molecule has 0 aliphatic heterocycles. The summed E-state index contributed by atoms with van der Waals surface area (Å²) in [4.78, 5) is 26.5. The third-order valence-electron chi connectivity index (χ3n) is 3.51. The Morgan fingerprint density at radius 1 is 1.16 bits per heavy atom. The smallest absolute Gasteiger partial charge is 0.343 e. The van der Waals surface area contributed by atoms with E-state index in [1.165, 1.54) is 6.07 Å². The Kier molecular flexibility index (Phi) is 4.48. The van der Waals surface area contributed by atoms with E-state index in [2.05, 4.69) is 4.98 Å². The number of pyridine rings is 1. The second-order valence-electron chi connectivity index (χ2n) is 5.22. The molecule has 1 aromatic heterocycles. The molecule has 0 radical (unpaired) electrons. The molecule has 1 N–H and O–H groups in total. The molecule has 124 valence electrons. The number of nitrogens with one attached hydrogen (secondary N) is 1. The fourth-order valence-electron chi connectivity index (χ4n) is 2.37. The van der Waals surface area contributed by atoms with Gasteiger partial charge in [-0.3, -0.25) is 4.79 Å². The van der Waals surface area contributed by atoms with Gasteiger partial charge >= 0.3 is 5.97 Å². The number of nitriles is 1. The lowest BCUT2D eigenvalue weighted by Gasteiger charge is -2.08. The van der Waals surface area contributed by atoms with Crippen molar-refractivity contribution in [3.8, 4) is 17.6 Å². The summed E-state index contributed by atoms with van der Waals surface area (Å²) in [6, 6.07) is 15.4. The maximum atomic E-state index is 12.1. The number of hydrogen-bond donors (Lipinski definition) is 1. The quantitative estimate of drug-likeness (QED) is 0.739. The number of fused-ring (bicyclic) bond motifs is 1. The van der Waals surface area contributed by atoms with Crippen LogP contribution in [0, 0.1) is 11.3 Å². The van der Waals surface area contributed by atoms with Gasteiger partial charge in [0, 0.05) is 6.07 Å². The molecule has 0 saturated heterocycles. The van der Waals surface area contributed by atoms with Gasteiger partial charge in [0.25, 0.3) is 5.56 Å². The number of carbonyl (C=O) groups is 1. The summed E-state index contributed by atoms with van der Waals surface area (Å²) in [5, 5.41) is 9.61. The van der Waals surface area contributed by atoms with E-state index in [9.17, 15) is 9.59 Å². The van der Waals surface area contributed by atoms with Gasteiger partial charge < -0.3 is 14.5 Å². The fourth-order valence-corrected chi connectivity index (χ4v) is 2.37. The summed E-state index contributed by atoms with van der Waals surface area (Å²) in [5.74, 6) is 0.366.